The lowest BCUT2D eigenvalue weighted by Crippen LogP contribution is -2.10. The van der Waals surface area contributed by atoms with Crippen molar-refractivity contribution < 1.29 is 4.79 Å². The van der Waals surface area contributed by atoms with Crippen LogP contribution in [0.1, 0.15) is 10.4 Å². The van der Waals surface area contributed by atoms with E-state index in [0.717, 1.165) is 11.4 Å². The standard InChI is InChI=1S/C15H11ClN4O/c16-14-8-13(6-7-17-14)20-10-11(9-18-20)15(21)19-12-4-2-1-3-5-12/h1-10H,(H,19,21). The Morgan fingerprint density at radius 1 is 1.19 bits per heavy atom. The molecule has 0 aliphatic heterocycles. The molecule has 0 bridgehead atoms. The second-order valence-corrected chi connectivity index (χ2v) is 4.72. The molecule has 6 heteroatoms. The number of halogens is 1. The smallest absolute Gasteiger partial charge is 0.258 e. The first kappa shape index (κ1) is 13.3. The summed E-state index contributed by atoms with van der Waals surface area (Å²) in [5.41, 5.74) is 1.95. The highest BCUT2D eigenvalue weighted by molar-refractivity contribution is 6.29. The van der Waals surface area contributed by atoms with Crippen LogP contribution in [0.3, 0.4) is 0 Å². The molecule has 2 heterocycles. The number of rotatable bonds is 3. The van der Waals surface area contributed by atoms with Crippen molar-refractivity contribution in [3.8, 4) is 5.69 Å². The van der Waals surface area contributed by atoms with Gasteiger partial charge < -0.3 is 5.32 Å². The van der Waals surface area contributed by atoms with E-state index in [1.807, 2.05) is 30.3 Å². The van der Waals surface area contributed by atoms with Crippen LogP contribution in [-0.2, 0) is 0 Å². The van der Waals surface area contributed by atoms with Crippen molar-refractivity contribution in [1.82, 2.24) is 14.8 Å². The molecule has 2 aromatic heterocycles. The van der Waals surface area contributed by atoms with Gasteiger partial charge in [-0.05, 0) is 18.2 Å². The van der Waals surface area contributed by atoms with Crippen LogP contribution in [0.5, 0.6) is 0 Å². The fraction of sp³-hybridized carbons (Fsp3) is 0. The van der Waals surface area contributed by atoms with Crippen molar-refractivity contribution in [3.63, 3.8) is 0 Å². The van der Waals surface area contributed by atoms with E-state index in [0.29, 0.717) is 10.7 Å². The van der Waals surface area contributed by atoms with Crippen molar-refractivity contribution in [2.45, 2.75) is 0 Å². The van der Waals surface area contributed by atoms with Gasteiger partial charge in [0.2, 0.25) is 0 Å². The van der Waals surface area contributed by atoms with Crippen LogP contribution in [0.15, 0.2) is 61.1 Å². The molecule has 0 atom stereocenters. The molecule has 0 saturated heterocycles. The van der Waals surface area contributed by atoms with Gasteiger partial charge in [-0.15, -0.1) is 0 Å². The average Bonchev–Trinajstić information content (AvgIpc) is 2.98. The van der Waals surface area contributed by atoms with Gasteiger partial charge in [-0.1, -0.05) is 29.8 Å². The Morgan fingerprint density at radius 2 is 2.00 bits per heavy atom. The summed E-state index contributed by atoms with van der Waals surface area (Å²) in [5, 5.41) is 7.34. The van der Waals surface area contributed by atoms with Crippen LogP contribution in [0.4, 0.5) is 5.69 Å². The monoisotopic (exact) mass is 298 g/mol. The number of amides is 1. The quantitative estimate of drug-likeness (QED) is 0.756. The summed E-state index contributed by atoms with van der Waals surface area (Å²) in [4.78, 5) is 16.0. The van der Waals surface area contributed by atoms with Gasteiger partial charge in [-0.25, -0.2) is 9.67 Å². The number of benzene rings is 1. The molecule has 0 unspecified atom stereocenters. The number of hydrogen-bond donors (Lipinski definition) is 1. The Morgan fingerprint density at radius 3 is 2.76 bits per heavy atom. The maximum Gasteiger partial charge on any atom is 0.258 e. The molecule has 0 fully saturated rings. The van der Waals surface area contributed by atoms with Crippen LogP contribution in [0.2, 0.25) is 5.15 Å². The number of nitrogens with zero attached hydrogens (tertiary/aromatic N) is 3. The minimum Gasteiger partial charge on any atom is -0.322 e. The van der Waals surface area contributed by atoms with Crippen molar-refractivity contribution in [2.24, 2.45) is 0 Å². The molecule has 5 nitrogen and oxygen atoms in total. The van der Waals surface area contributed by atoms with Gasteiger partial charge in [0.15, 0.2) is 0 Å². The molecule has 1 aromatic carbocycles. The molecule has 3 aromatic rings. The number of hydrogen-bond acceptors (Lipinski definition) is 3. The van der Waals surface area contributed by atoms with Gasteiger partial charge in [0.25, 0.3) is 5.91 Å². The Labute approximate surface area is 126 Å². The lowest BCUT2D eigenvalue weighted by molar-refractivity contribution is 0.102. The number of para-hydroxylation sites is 1. The highest BCUT2D eigenvalue weighted by Gasteiger charge is 2.10. The zero-order valence-corrected chi connectivity index (χ0v) is 11.7. The van der Waals surface area contributed by atoms with Gasteiger partial charge in [0, 0.05) is 24.1 Å². The van der Waals surface area contributed by atoms with Crippen LogP contribution in [0, 0.1) is 0 Å². The molecule has 0 spiro atoms. The topological polar surface area (TPSA) is 59.8 Å². The fourth-order valence-electron chi connectivity index (χ4n) is 1.84. The molecule has 0 saturated carbocycles. The maximum absolute atomic E-state index is 12.1. The van der Waals surface area contributed by atoms with Crippen LogP contribution < -0.4 is 5.32 Å². The van der Waals surface area contributed by atoms with Crippen molar-refractivity contribution in [1.29, 1.82) is 0 Å². The Balaban J connectivity index is 1.80. The average molecular weight is 299 g/mol. The first-order valence-electron chi connectivity index (χ1n) is 6.25. The van der Waals surface area contributed by atoms with Crippen molar-refractivity contribution in [3.05, 3.63) is 71.8 Å². The predicted molar refractivity (Wildman–Crippen MR) is 80.8 cm³/mol. The molecule has 104 valence electrons. The Hall–Kier alpha value is -2.66. The summed E-state index contributed by atoms with van der Waals surface area (Å²) in [6.45, 7) is 0. The van der Waals surface area contributed by atoms with Crippen molar-refractivity contribution in [2.75, 3.05) is 5.32 Å². The fourth-order valence-corrected chi connectivity index (χ4v) is 2.01. The van der Waals surface area contributed by atoms with E-state index in [1.165, 1.54) is 6.20 Å². The van der Waals surface area contributed by atoms with Crippen molar-refractivity contribution >= 4 is 23.2 Å². The third-order valence-corrected chi connectivity index (χ3v) is 3.06. The van der Waals surface area contributed by atoms with E-state index in [9.17, 15) is 4.79 Å². The van der Waals surface area contributed by atoms with E-state index in [-0.39, 0.29) is 5.91 Å². The normalized spacial score (nSPS) is 10.3. The molecule has 1 amide bonds. The Kier molecular flexibility index (Phi) is 3.66. The van der Waals surface area contributed by atoms with Crippen LogP contribution in [0.25, 0.3) is 5.69 Å². The number of carbonyl (C=O) groups excluding carboxylic acids is 1. The van der Waals surface area contributed by atoms with E-state index < -0.39 is 0 Å². The highest BCUT2D eigenvalue weighted by Crippen LogP contribution is 2.13. The van der Waals surface area contributed by atoms with E-state index in [4.69, 9.17) is 11.6 Å². The van der Waals surface area contributed by atoms with Crippen LogP contribution >= 0.6 is 11.6 Å². The summed E-state index contributed by atoms with van der Waals surface area (Å²) < 4.78 is 1.58. The first-order valence-corrected chi connectivity index (χ1v) is 6.63. The molecular formula is C15H11ClN4O. The summed E-state index contributed by atoms with van der Waals surface area (Å²) in [5.74, 6) is -0.215. The van der Waals surface area contributed by atoms with Crippen LogP contribution in [-0.4, -0.2) is 20.7 Å². The number of aromatic nitrogens is 3. The number of pyridine rings is 1. The van der Waals surface area contributed by atoms with Gasteiger partial charge in [0.1, 0.15) is 5.15 Å². The second kappa shape index (κ2) is 5.76. The maximum atomic E-state index is 12.1. The minimum atomic E-state index is -0.215. The zero-order chi connectivity index (χ0) is 14.7. The molecular weight excluding hydrogens is 288 g/mol. The van der Waals surface area contributed by atoms with Gasteiger partial charge in [0.05, 0.1) is 17.4 Å². The van der Waals surface area contributed by atoms with E-state index in [1.54, 1.807) is 29.2 Å². The second-order valence-electron chi connectivity index (χ2n) is 4.33. The lowest BCUT2D eigenvalue weighted by atomic mass is 10.3. The largest absolute Gasteiger partial charge is 0.322 e. The van der Waals surface area contributed by atoms with E-state index in [2.05, 4.69) is 15.4 Å². The zero-order valence-electron chi connectivity index (χ0n) is 10.9. The summed E-state index contributed by atoms with van der Waals surface area (Å²) in [6.07, 6.45) is 4.74. The van der Waals surface area contributed by atoms with E-state index >= 15 is 0 Å². The SMILES string of the molecule is O=C(Nc1ccccc1)c1cnn(-c2ccnc(Cl)c2)c1. The first-order chi connectivity index (χ1) is 10.2. The minimum absolute atomic E-state index is 0.215. The van der Waals surface area contributed by atoms with Gasteiger partial charge >= 0.3 is 0 Å². The third-order valence-electron chi connectivity index (χ3n) is 2.85. The number of carbonyl (C=O) groups is 1. The number of anilines is 1. The lowest BCUT2D eigenvalue weighted by Gasteiger charge is -2.02. The highest BCUT2D eigenvalue weighted by atomic mass is 35.5. The number of nitrogens with one attached hydrogen (secondary N) is 1. The Bertz CT molecular complexity index is 770. The molecule has 21 heavy (non-hydrogen) atoms. The molecule has 0 aliphatic carbocycles. The molecule has 1 N–H and O–H groups in total. The van der Waals surface area contributed by atoms with Gasteiger partial charge in [-0.3, -0.25) is 4.79 Å². The summed E-state index contributed by atoms with van der Waals surface area (Å²) in [6, 6.07) is 12.7. The molecule has 0 radical (unpaired) electrons. The predicted octanol–water partition coefficient (Wildman–Crippen LogP) is 3.17. The molecule has 3 rings (SSSR count). The molecule has 0 aliphatic rings. The third kappa shape index (κ3) is 3.09. The van der Waals surface area contributed by atoms with Gasteiger partial charge in [-0.2, -0.15) is 5.10 Å². The summed E-state index contributed by atoms with van der Waals surface area (Å²) in [7, 11) is 0. The summed E-state index contributed by atoms with van der Waals surface area (Å²) >= 11 is 5.84.